The third-order valence-corrected chi connectivity index (χ3v) is 5.79. The minimum absolute atomic E-state index is 0.0907. The highest BCUT2D eigenvalue weighted by atomic mass is 35.5. The van der Waals surface area contributed by atoms with Crippen LogP contribution in [0.25, 0.3) is 0 Å². The van der Waals surface area contributed by atoms with Gasteiger partial charge in [-0.05, 0) is 42.8 Å². The lowest BCUT2D eigenvalue weighted by Crippen LogP contribution is -2.36. The summed E-state index contributed by atoms with van der Waals surface area (Å²) in [6.45, 7) is 4.40. The number of rotatable bonds is 5. The molecule has 0 atom stereocenters. The topological polar surface area (TPSA) is 67.9 Å². The Balaban J connectivity index is 2.00. The van der Waals surface area contributed by atoms with Crippen molar-refractivity contribution in [2.24, 2.45) is 0 Å². The van der Waals surface area contributed by atoms with Gasteiger partial charge in [0, 0.05) is 18.1 Å². The van der Waals surface area contributed by atoms with Crippen LogP contribution in [0.15, 0.2) is 41.3 Å². The fourth-order valence-corrected chi connectivity index (χ4v) is 4.36. The van der Waals surface area contributed by atoms with Gasteiger partial charge in [0.1, 0.15) is 10.6 Å². The Morgan fingerprint density at radius 2 is 1.88 bits per heavy atom. The summed E-state index contributed by atoms with van der Waals surface area (Å²) >= 11 is 6.11. The number of nitrogens with zero attached hydrogens (tertiary/aromatic N) is 1. The highest BCUT2D eigenvalue weighted by molar-refractivity contribution is 7.92. The summed E-state index contributed by atoms with van der Waals surface area (Å²) in [4.78, 5) is 2.17. The average Bonchev–Trinajstić information content (AvgIpc) is 2.62. The van der Waals surface area contributed by atoms with Crippen LogP contribution in [0.1, 0.15) is 5.56 Å². The molecule has 1 aliphatic rings. The first-order chi connectivity index (χ1) is 12.4. The van der Waals surface area contributed by atoms with Gasteiger partial charge in [0.15, 0.2) is 0 Å². The Morgan fingerprint density at radius 3 is 2.58 bits per heavy atom. The first-order valence-corrected chi connectivity index (χ1v) is 10.1. The van der Waals surface area contributed by atoms with Crippen molar-refractivity contribution < 1.29 is 17.9 Å². The predicted octanol–water partition coefficient (Wildman–Crippen LogP) is 3.29. The number of sulfonamides is 1. The number of nitrogens with one attached hydrogen (secondary N) is 1. The molecule has 1 fully saturated rings. The van der Waals surface area contributed by atoms with E-state index in [-0.39, 0.29) is 10.6 Å². The van der Waals surface area contributed by atoms with Crippen LogP contribution in [0, 0.1) is 6.92 Å². The van der Waals surface area contributed by atoms with Gasteiger partial charge in [-0.1, -0.05) is 17.7 Å². The molecule has 0 saturated carbocycles. The summed E-state index contributed by atoms with van der Waals surface area (Å²) in [6.07, 6.45) is 0. The van der Waals surface area contributed by atoms with E-state index in [1.165, 1.54) is 7.11 Å². The van der Waals surface area contributed by atoms with Gasteiger partial charge in [-0.2, -0.15) is 0 Å². The van der Waals surface area contributed by atoms with Gasteiger partial charge in [0.05, 0.1) is 31.7 Å². The number of hydrogen-bond acceptors (Lipinski definition) is 5. The van der Waals surface area contributed by atoms with E-state index in [0.29, 0.717) is 37.0 Å². The lowest BCUT2D eigenvalue weighted by Gasteiger charge is -2.30. The molecule has 0 spiro atoms. The van der Waals surface area contributed by atoms with Gasteiger partial charge < -0.3 is 14.4 Å². The maximum atomic E-state index is 13.0. The fraction of sp³-hybridized carbons (Fsp3) is 0.333. The molecule has 1 N–H and O–H groups in total. The highest BCUT2D eigenvalue weighted by Crippen LogP contribution is 2.33. The molecule has 6 nitrogen and oxygen atoms in total. The maximum Gasteiger partial charge on any atom is 0.265 e. The summed E-state index contributed by atoms with van der Waals surface area (Å²) in [7, 11) is -2.40. The summed E-state index contributed by atoms with van der Waals surface area (Å²) in [5.41, 5.74) is 2.03. The Kier molecular flexibility index (Phi) is 5.60. The van der Waals surface area contributed by atoms with E-state index in [1.54, 1.807) is 30.3 Å². The third kappa shape index (κ3) is 4.06. The Morgan fingerprint density at radius 1 is 1.15 bits per heavy atom. The number of halogens is 1. The van der Waals surface area contributed by atoms with Crippen LogP contribution in [-0.4, -0.2) is 41.8 Å². The lowest BCUT2D eigenvalue weighted by atomic mass is 10.2. The van der Waals surface area contributed by atoms with E-state index in [0.717, 1.165) is 11.3 Å². The van der Waals surface area contributed by atoms with Crippen LogP contribution in [0.3, 0.4) is 0 Å². The molecule has 0 unspecified atom stereocenters. The second-order valence-electron chi connectivity index (χ2n) is 6.02. The molecule has 26 heavy (non-hydrogen) atoms. The summed E-state index contributed by atoms with van der Waals surface area (Å²) in [5, 5.41) is 0.455. The molecule has 0 aromatic heterocycles. The van der Waals surface area contributed by atoms with Gasteiger partial charge in [-0.15, -0.1) is 0 Å². The van der Waals surface area contributed by atoms with Crippen LogP contribution >= 0.6 is 11.6 Å². The molecule has 3 rings (SSSR count). The minimum atomic E-state index is -3.85. The van der Waals surface area contributed by atoms with Crippen molar-refractivity contribution in [1.82, 2.24) is 0 Å². The van der Waals surface area contributed by atoms with Crippen LogP contribution in [0.5, 0.6) is 5.75 Å². The summed E-state index contributed by atoms with van der Waals surface area (Å²) < 4.78 is 39.3. The zero-order valence-corrected chi connectivity index (χ0v) is 16.2. The van der Waals surface area contributed by atoms with E-state index >= 15 is 0 Å². The SMILES string of the molecule is COc1ccc(C)cc1S(=O)(=O)Nc1cc(Cl)ccc1N1CCOCC1. The standard InChI is InChI=1S/C18H21ClN2O4S/c1-13-3-6-17(24-2)18(11-13)26(22,23)20-15-12-14(19)4-5-16(15)21-7-9-25-10-8-21/h3-6,11-12,20H,7-10H2,1-2H3. The predicted molar refractivity (Wildman–Crippen MR) is 103 cm³/mol. The number of ether oxygens (including phenoxy) is 2. The number of anilines is 2. The van der Waals surface area contributed by atoms with Gasteiger partial charge >= 0.3 is 0 Å². The molecule has 8 heteroatoms. The second kappa shape index (κ2) is 7.73. The largest absolute Gasteiger partial charge is 0.495 e. The average molecular weight is 397 g/mol. The van der Waals surface area contributed by atoms with Gasteiger partial charge in [-0.3, -0.25) is 4.72 Å². The first kappa shape index (κ1) is 18.8. The quantitative estimate of drug-likeness (QED) is 0.839. The molecule has 0 radical (unpaired) electrons. The zero-order valence-electron chi connectivity index (χ0n) is 14.7. The van der Waals surface area contributed by atoms with Crippen LogP contribution in [0.4, 0.5) is 11.4 Å². The van der Waals surface area contributed by atoms with Crippen LogP contribution in [-0.2, 0) is 14.8 Å². The van der Waals surface area contributed by atoms with E-state index in [4.69, 9.17) is 21.1 Å². The molecular weight excluding hydrogens is 376 g/mol. The zero-order chi connectivity index (χ0) is 18.7. The summed E-state index contributed by atoms with van der Waals surface area (Å²) in [6, 6.07) is 10.2. The number of hydrogen-bond donors (Lipinski definition) is 1. The van der Waals surface area contributed by atoms with E-state index in [9.17, 15) is 8.42 Å². The summed E-state index contributed by atoms with van der Waals surface area (Å²) in [5.74, 6) is 0.290. The van der Waals surface area contributed by atoms with Gasteiger partial charge in [0.2, 0.25) is 0 Å². The molecule has 2 aromatic carbocycles. The van der Waals surface area contributed by atoms with Crippen molar-refractivity contribution in [3.63, 3.8) is 0 Å². The van der Waals surface area contributed by atoms with Crippen molar-refractivity contribution in [3.05, 3.63) is 47.0 Å². The van der Waals surface area contributed by atoms with Crippen molar-refractivity contribution in [3.8, 4) is 5.75 Å². The van der Waals surface area contributed by atoms with Crippen LogP contribution < -0.4 is 14.4 Å². The molecule has 1 aliphatic heterocycles. The molecule has 2 aromatic rings. The van der Waals surface area contributed by atoms with Gasteiger partial charge in [0.25, 0.3) is 10.0 Å². The lowest BCUT2D eigenvalue weighted by molar-refractivity contribution is 0.123. The molecule has 0 aliphatic carbocycles. The Bertz CT molecular complexity index is 896. The van der Waals surface area contributed by atoms with Crippen molar-refractivity contribution in [2.45, 2.75) is 11.8 Å². The molecule has 1 heterocycles. The highest BCUT2D eigenvalue weighted by Gasteiger charge is 2.23. The molecule has 1 saturated heterocycles. The monoisotopic (exact) mass is 396 g/mol. The van der Waals surface area contributed by atoms with Crippen LogP contribution in [0.2, 0.25) is 5.02 Å². The number of aryl methyl sites for hydroxylation is 1. The van der Waals surface area contributed by atoms with Crippen molar-refractivity contribution in [2.75, 3.05) is 43.0 Å². The Labute approximate surface area is 158 Å². The number of morpholine rings is 1. The first-order valence-electron chi connectivity index (χ1n) is 8.20. The minimum Gasteiger partial charge on any atom is -0.495 e. The molecule has 0 bridgehead atoms. The normalized spacial score (nSPS) is 15.0. The van der Waals surface area contributed by atoms with E-state index in [1.807, 2.05) is 13.0 Å². The number of methoxy groups -OCH3 is 1. The van der Waals surface area contributed by atoms with Crippen molar-refractivity contribution >= 4 is 33.0 Å². The maximum absolute atomic E-state index is 13.0. The smallest absolute Gasteiger partial charge is 0.265 e. The second-order valence-corrected chi connectivity index (χ2v) is 8.11. The molecule has 140 valence electrons. The Hall–Kier alpha value is -1.96. The fourth-order valence-electron chi connectivity index (χ4n) is 2.86. The third-order valence-electron chi connectivity index (χ3n) is 4.16. The van der Waals surface area contributed by atoms with Crippen molar-refractivity contribution in [1.29, 1.82) is 0 Å². The molecular formula is C18H21ClN2O4S. The van der Waals surface area contributed by atoms with E-state index in [2.05, 4.69) is 9.62 Å². The number of benzene rings is 2. The van der Waals surface area contributed by atoms with Gasteiger partial charge in [-0.25, -0.2) is 8.42 Å². The van der Waals surface area contributed by atoms with E-state index < -0.39 is 10.0 Å². The molecule has 0 amide bonds.